The Hall–Kier alpha value is -2.55. The van der Waals surface area contributed by atoms with E-state index in [4.69, 9.17) is 0 Å². The number of benzene rings is 2. The van der Waals surface area contributed by atoms with Crippen molar-refractivity contribution in [1.82, 2.24) is 9.21 Å². The van der Waals surface area contributed by atoms with Crippen LogP contribution in [0.5, 0.6) is 0 Å². The van der Waals surface area contributed by atoms with Gasteiger partial charge >= 0.3 is 0 Å². The number of hydrogen-bond acceptors (Lipinski definition) is 4. The molecule has 0 bridgehead atoms. The number of amides is 2. The minimum atomic E-state index is -3.51. The molecule has 0 spiro atoms. The Morgan fingerprint density at radius 3 is 2.10 bits per heavy atom. The van der Waals surface area contributed by atoms with Crippen molar-refractivity contribution in [2.75, 3.05) is 32.8 Å². The first kappa shape index (κ1) is 19.8. The molecule has 29 heavy (non-hydrogen) atoms. The summed E-state index contributed by atoms with van der Waals surface area (Å²) in [4.78, 5) is 27.9. The number of imide groups is 1. The van der Waals surface area contributed by atoms with Crippen molar-refractivity contribution in [3.63, 3.8) is 0 Å². The molecule has 4 rings (SSSR count). The zero-order chi connectivity index (χ0) is 20.4. The molecule has 2 aliphatic heterocycles. The Balaban J connectivity index is 1.38. The Labute approximate surface area is 170 Å². The summed E-state index contributed by atoms with van der Waals surface area (Å²) in [6.45, 7) is 2.13. The third kappa shape index (κ3) is 3.96. The van der Waals surface area contributed by atoms with Gasteiger partial charge in [0.2, 0.25) is 21.8 Å². The van der Waals surface area contributed by atoms with Gasteiger partial charge in [0.15, 0.2) is 6.67 Å². The second-order valence-corrected chi connectivity index (χ2v) is 9.39. The van der Waals surface area contributed by atoms with Crippen LogP contribution in [0, 0.1) is 0 Å². The fourth-order valence-electron chi connectivity index (χ4n) is 3.96. The maximum Gasteiger partial charge on any atom is 0.243 e. The van der Waals surface area contributed by atoms with Crippen LogP contribution in [0.15, 0.2) is 65.6 Å². The standard InChI is InChI=1S/C21H23N3O4S/c25-20-15-19(17-7-3-1-4-8-17)21(26)24(20)16-22-11-13-23(14-12-22)29(27,28)18-9-5-2-6-10-18/h1-10,19H,11-16H2/p+1/t19-/m0/s1. The van der Waals surface area contributed by atoms with E-state index < -0.39 is 15.9 Å². The average molecular weight is 415 g/mol. The molecule has 8 heteroatoms. The van der Waals surface area contributed by atoms with Crippen molar-refractivity contribution in [3.05, 3.63) is 66.2 Å². The predicted octanol–water partition coefficient (Wildman–Crippen LogP) is 0.0760. The number of likely N-dealkylation sites (tertiary alicyclic amines) is 1. The van der Waals surface area contributed by atoms with E-state index in [9.17, 15) is 18.0 Å². The van der Waals surface area contributed by atoms with Crippen LogP contribution in [0.4, 0.5) is 0 Å². The fraction of sp³-hybridized carbons (Fsp3) is 0.333. The maximum atomic E-state index is 12.8. The van der Waals surface area contributed by atoms with E-state index in [0.29, 0.717) is 37.7 Å². The Morgan fingerprint density at radius 2 is 1.48 bits per heavy atom. The van der Waals surface area contributed by atoms with Gasteiger partial charge in [0, 0.05) is 6.42 Å². The molecule has 2 amide bonds. The molecule has 7 nitrogen and oxygen atoms in total. The van der Waals surface area contributed by atoms with Crippen LogP contribution in [0.25, 0.3) is 0 Å². The van der Waals surface area contributed by atoms with E-state index in [-0.39, 0.29) is 18.2 Å². The van der Waals surface area contributed by atoms with Crippen molar-refractivity contribution in [2.24, 2.45) is 0 Å². The van der Waals surface area contributed by atoms with Gasteiger partial charge in [-0.2, -0.15) is 4.31 Å². The third-order valence-electron chi connectivity index (χ3n) is 5.64. The first-order valence-electron chi connectivity index (χ1n) is 9.75. The predicted molar refractivity (Wildman–Crippen MR) is 106 cm³/mol. The summed E-state index contributed by atoms with van der Waals surface area (Å²) in [6.07, 6.45) is 0.199. The van der Waals surface area contributed by atoms with E-state index in [1.807, 2.05) is 30.3 Å². The van der Waals surface area contributed by atoms with E-state index in [1.54, 1.807) is 30.3 Å². The SMILES string of the molecule is O=C1C[C@@H](c2ccccc2)C(=O)N1C[NH+]1CCN(S(=O)(=O)c2ccccc2)CC1. The van der Waals surface area contributed by atoms with Gasteiger partial charge < -0.3 is 4.90 Å². The molecule has 0 saturated carbocycles. The van der Waals surface area contributed by atoms with Gasteiger partial charge in [-0.25, -0.2) is 13.3 Å². The lowest BCUT2D eigenvalue weighted by Crippen LogP contribution is -3.16. The zero-order valence-electron chi connectivity index (χ0n) is 16.0. The lowest BCUT2D eigenvalue weighted by Gasteiger charge is -2.33. The molecule has 1 atom stereocenters. The molecule has 152 valence electrons. The number of sulfonamides is 1. The lowest BCUT2D eigenvalue weighted by atomic mass is 9.98. The molecular weight excluding hydrogens is 390 g/mol. The largest absolute Gasteiger partial charge is 0.315 e. The summed E-state index contributed by atoms with van der Waals surface area (Å²) >= 11 is 0. The van der Waals surface area contributed by atoms with Crippen LogP contribution in [-0.2, 0) is 19.6 Å². The number of carbonyl (C=O) groups is 2. The van der Waals surface area contributed by atoms with Gasteiger partial charge in [0.25, 0.3) is 0 Å². The molecule has 0 radical (unpaired) electrons. The van der Waals surface area contributed by atoms with Crippen LogP contribution in [0.2, 0.25) is 0 Å². The van der Waals surface area contributed by atoms with Crippen LogP contribution >= 0.6 is 0 Å². The summed E-state index contributed by atoms with van der Waals surface area (Å²) in [5.74, 6) is -0.730. The van der Waals surface area contributed by atoms with E-state index >= 15 is 0 Å². The second kappa shape index (κ2) is 8.06. The number of nitrogens with one attached hydrogen (secondary N) is 1. The van der Waals surface area contributed by atoms with Crippen molar-refractivity contribution < 1.29 is 22.9 Å². The minimum absolute atomic E-state index is 0.157. The zero-order valence-corrected chi connectivity index (χ0v) is 16.8. The molecule has 0 unspecified atom stereocenters. The Bertz CT molecular complexity index is 987. The number of nitrogens with zero attached hydrogens (tertiary/aromatic N) is 2. The first-order chi connectivity index (χ1) is 14.0. The molecule has 0 aliphatic carbocycles. The van der Waals surface area contributed by atoms with Gasteiger partial charge in [-0.1, -0.05) is 48.5 Å². The van der Waals surface area contributed by atoms with Crippen LogP contribution in [0.3, 0.4) is 0 Å². The number of hydrogen-bond donors (Lipinski definition) is 1. The van der Waals surface area contributed by atoms with Crippen molar-refractivity contribution in [2.45, 2.75) is 17.2 Å². The summed E-state index contributed by atoms with van der Waals surface area (Å²) in [6, 6.07) is 17.8. The monoisotopic (exact) mass is 414 g/mol. The highest BCUT2D eigenvalue weighted by Crippen LogP contribution is 2.28. The average Bonchev–Trinajstić information content (AvgIpc) is 3.04. The van der Waals surface area contributed by atoms with E-state index in [1.165, 1.54) is 9.21 Å². The highest BCUT2D eigenvalue weighted by Gasteiger charge is 2.42. The van der Waals surface area contributed by atoms with Crippen LogP contribution < -0.4 is 4.90 Å². The highest BCUT2D eigenvalue weighted by molar-refractivity contribution is 7.89. The van der Waals surface area contributed by atoms with Crippen LogP contribution in [-0.4, -0.2) is 62.3 Å². The molecule has 2 fully saturated rings. The fourth-order valence-corrected chi connectivity index (χ4v) is 5.42. The van der Waals surface area contributed by atoms with Crippen molar-refractivity contribution >= 4 is 21.8 Å². The molecule has 2 aromatic carbocycles. The van der Waals surface area contributed by atoms with Gasteiger partial charge in [0.05, 0.1) is 37.0 Å². The van der Waals surface area contributed by atoms with Crippen molar-refractivity contribution in [3.8, 4) is 0 Å². The maximum absolute atomic E-state index is 12.8. The lowest BCUT2D eigenvalue weighted by molar-refractivity contribution is -0.910. The smallest absolute Gasteiger partial charge is 0.243 e. The van der Waals surface area contributed by atoms with E-state index in [0.717, 1.165) is 10.5 Å². The first-order valence-corrected chi connectivity index (χ1v) is 11.2. The number of rotatable bonds is 5. The molecular formula is C21H24N3O4S+. The summed E-state index contributed by atoms with van der Waals surface area (Å²) in [5, 5.41) is 0. The van der Waals surface area contributed by atoms with Gasteiger partial charge in [-0.3, -0.25) is 9.59 Å². The third-order valence-corrected chi connectivity index (χ3v) is 7.55. The minimum Gasteiger partial charge on any atom is -0.315 e. The van der Waals surface area contributed by atoms with Crippen molar-refractivity contribution in [1.29, 1.82) is 0 Å². The van der Waals surface area contributed by atoms with Crippen LogP contribution in [0.1, 0.15) is 17.9 Å². The quantitative estimate of drug-likeness (QED) is 0.703. The molecule has 2 aromatic rings. The van der Waals surface area contributed by atoms with Gasteiger partial charge in [-0.15, -0.1) is 0 Å². The number of carbonyl (C=O) groups excluding carboxylic acids is 2. The normalized spacial score (nSPS) is 21.7. The Morgan fingerprint density at radius 1 is 0.897 bits per heavy atom. The Kier molecular flexibility index (Phi) is 5.49. The molecule has 2 heterocycles. The summed E-state index contributed by atoms with van der Waals surface area (Å²) < 4.78 is 27.0. The highest BCUT2D eigenvalue weighted by atomic mass is 32.2. The molecule has 0 aromatic heterocycles. The number of piperazine rings is 1. The molecule has 2 saturated heterocycles. The van der Waals surface area contributed by atoms with Gasteiger partial charge in [0.1, 0.15) is 0 Å². The summed E-state index contributed by atoms with van der Waals surface area (Å²) in [7, 11) is -3.51. The second-order valence-electron chi connectivity index (χ2n) is 7.45. The number of quaternary nitrogens is 1. The summed E-state index contributed by atoms with van der Waals surface area (Å²) in [5.41, 5.74) is 0.863. The van der Waals surface area contributed by atoms with Gasteiger partial charge in [-0.05, 0) is 17.7 Å². The van der Waals surface area contributed by atoms with E-state index in [2.05, 4.69) is 0 Å². The molecule has 2 aliphatic rings. The topological polar surface area (TPSA) is 79.2 Å². The molecule has 1 N–H and O–H groups in total.